The van der Waals surface area contributed by atoms with E-state index in [9.17, 15) is 30.0 Å². The van der Waals surface area contributed by atoms with E-state index in [0.717, 1.165) is 42.6 Å². The number of ether oxygens (including phenoxy) is 2. The molecule has 2 saturated heterocycles. The van der Waals surface area contributed by atoms with Crippen molar-refractivity contribution in [1.29, 1.82) is 0 Å². The number of aliphatic hydroxyl groups is 4. The molecule has 2 aliphatic heterocycles. The molecular weight excluding hydrogens is 444 g/mol. The van der Waals surface area contributed by atoms with Crippen molar-refractivity contribution in [1.82, 2.24) is 4.90 Å². The van der Waals surface area contributed by atoms with Crippen molar-refractivity contribution in [3.8, 4) is 0 Å². The van der Waals surface area contributed by atoms with Gasteiger partial charge in [0.15, 0.2) is 6.29 Å². The Labute approximate surface area is 199 Å². The summed E-state index contributed by atoms with van der Waals surface area (Å²) in [4.78, 5) is 27.3. The molecule has 0 aliphatic carbocycles. The monoisotopic (exact) mass is 480 g/mol. The Kier molecular flexibility index (Phi) is 9.40. The SMILES string of the molecule is Cc1cccc(C)c1NC(=O)C1CCCCN1CCCC(=O)OC[C@H]1O[C@H](O)[C@H](O)[C@@H](O)[C@@H]1O. The minimum absolute atomic E-state index is 0.0394. The third-order valence-corrected chi connectivity index (χ3v) is 6.57. The van der Waals surface area contributed by atoms with Gasteiger partial charge in [-0.2, -0.15) is 0 Å². The van der Waals surface area contributed by atoms with Gasteiger partial charge in [-0.1, -0.05) is 24.6 Å². The van der Waals surface area contributed by atoms with Gasteiger partial charge in [-0.25, -0.2) is 0 Å². The van der Waals surface area contributed by atoms with Crippen LogP contribution < -0.4 is 5.32 Å². The molecule has 0 saturated carbocycles. The van der Waals surface area contributed by atoms with E-state index < -0.39 is 36.7 Å². The molecule has 1 amide bonds. The molecule has 1 aromatic carbocycles. The molecule has 2 aliphatic rings. The van der Waals surface area contributed by atoms with Crippen LogP contribution in [0.25, 0.3) is 0 Å². The lowest BCUT2D eigenvalue weighted by molar-refractivity contribution is -0.287. The average molecular weight is 481 g/mol. The van der Waals surface area contributed by atoms with Gasteiger partial charge >= 0.3 is 5.97 Å². The number of amides is 1. The van der Waals surface area contributed by atoms with E-state index in [0.29, 0.717) is 13.0 Å². The number of hydrogen-bond donors (Lipinski definition) is 5. The summed E-state index contributed by atoms with van der Waals surface area (Å²) < 4.78 is 10.1. The van der Waals surface area contributed by atoms with Crippen molar-refractivity contribution < 1.29 is 39.5 Å². The van der Waals surface area contributed by atoms with E-state index in [2.05, 4.69) is 10.2 Å². The van der Waals surface area contributed by atoms with E-state index in [-0.39, 0.29) is 25.0 Å². The topological polar surface area (TPSA) is 149 Å². The van der Waals surface area contributed by atoms with Crippen LogP contribution in [0.2, 0.25) is 0 Å². The Balaban J connectivity index is 1.45. The lowest BCUT2D eigenvalue weighted by atomic mass is 9.99. The van der Waals surface area contributed by atoms with Crippen LogP contribution in [-0.2, 0) is 19.1 Å². The fraction of sp³-hybridized carbons (Fsp3) is 0.667. The quantitative estimate of drug-likeness (QED) is 0.329. The van der Waals surface area contributed by atoms with Crippen LogP contribution in [0.3, 0.4) is 0 Å². The van der Waals surface area contributed by atoms with E-state index in [1.54, 1.807) is 0 Å². The summed E-state index contributed by atoms with van der Waals surface area (Å²) in [6, 6.07) is 5.63. The van der Waals surface area contributed by atoms with Crippen LogP contribution in [0.4, 0.5) is 5.69 Å². The molecule has 0 bridgehead atoms. The lowest BCUT2D eigenvalue weighted by Gasteiger charge is -2.37. The van der Waals surface area contributed by atoms with E-state index in [4.69, 9.17) is 9.47 Å². The number of hydrogen-bond acceptors (Lipinski definition) is 9. The number of carbonyl (C=O) groups excluding carboxylic acids is 2. The average Bonchev–Trinajstić information content (AvgIpc) is 2.82. The first-order valence-electron chi connectivity index (χ1n) is 11.8. The smallest absolute Gasteiger partial charge is 0.305 e. The molecular formula is C24H36N2O8. The van der Waals surface area contributed by atoms with Crippen LogP contribution in [0.1, 0.15) is 43.2 Å². The van der Waals surface area contributed by atoms with Crippen LogP contribution >= 0.6 is 0 Å². The molecule has 3 rings (SSSR count). The van der Waals surface area contributed by atoms with Gasteiger partial charge in [-0.05, 0) is 57.3 Å². The molecule has 10 nitrogen and oxygen atoms in total. The zero-order chi connectivity index (χ0) is 24.8. The molecule has 2 fully saturated rings. The first-order valence-corrected chi connectivity index (χ1v) is 11.8. The Morgan fingerprint density at radius 3 is 2.50 bits per heavy atom. The fourth-order valence-corrected chi connectivity index (χ4v) is 4.52. The van der Waals surface area contributed by atoms with Crippen molar-refractivity contribution in [2.24, 2.45) is 0 Å². The minimum atomic E-state index is -1.67. The number of carbonyl (C=O) groups is 2. The summed E-state index contributed by atoms with van der Waals surface area (Å²) in [7, 11) is 0. The van der Waals surface area contributed by atoms with Gasteiger partial charge in [0, 0.05) is 12.1 Å². The molecule has 0 spiro atoms. The zero-order valence-corrected chi connectivity index (χ0v) is 19.7. The normalized spacial score (nSPS) is 30.1. The third kappa shape index (κ3) is 6.53. The number of nitrogens with one attached hydrogen (secondary N) is 1. The van der Waals surface area contributed by atoms with Gasteiger partial charge in [-0.15, -0.1) is 0 Å². The van der Waals surface area contributed by atoms with Gasteiger partial charge in [0.2, 0.25) is 5.91 Å². The van der Waals surface area contributed by atoms with Crippen molar-refractivity contribution in [2.45, 2.75) is 82.7 Å². The summed E-state index contributed by atoms with van der Waals surface area (Å²) in [6.45, 7) is 4.92. The predicted molar refractivity (Wildman–Crippen MR) is 123 cm³/mol. The maximum Gasteiger partial charge on any atom is 0.305 e. The molecule has 10 heteroatoms. The number of likely N-dealkylation sites (tertiary alicyclic amines) is 1. The Bertz CT molecular complexity index is 830. The molecule has 34 heavy (non-hydrogen) atoms. The van der Waals surface area contributed by atoms with Crippen LogP contribution in [0.5, 0.6) is 0 Å². The molecule has 1 aromatic rings. The molecule has 0 aromatic heterocycles. The Morgan fingerprint density at radius 1 is 1.09 bits per heavy atom. The number of esters is 1. The highest BCUT2D eigenvalue weighted by atomic mass is 16.6. The molecule has 6 atom stereocenters. The van der Waals surface area contributed by atoms with Gasteiger partial charge < -0.3 is 35.2 Å². The number of para-hydroxylation sites is 1. The van der Waals surface area contributed by atoms with Crippen LogP contribution in [0, 0.1) is 13.8 Å². The first kappa shape index (κ1) is 26.5. The fourth-order valence-electron chi connectivity index (χ4n) is 4.52. The third-order valence-electron chi connectivity index (χ3n) is 6.57. The summed E-state index contributed by atoms with van der Waals surface area (Å²) in [5, 5.41) is 41.8. The number of nitrogens with zero attached hydrogens (tertiary/aromatic N) is 1. The second-order valence-electron chi connectivity index (χ2n) is 9.13. The largest absolute Gasteiger partial charge is 0.463 e. The van der Waals surface area contributed by atoms with Gasteiger partial charge in [0.05, 0.1) is 6.04 Å². The first-order chi connectivity index (χ1) is 16.2. The van der Waals surface area contributed by atoms with Crippen molar-refractivity contribution in [2.75, 3.05) is 25.0 Å². The van der Waals surface area contributed by atoms with Crippen molar-refractivity contribution >= 4 is 17.6 Å². The van der Waals surface area contributed by atoms with Gasteiger partial charge in [0.25, 0.3) is 0 Å². The van der Waals surface area contributed by atoms with E-state index in [1.165, 1.54) is 0 Å². The summed E-state index contributed by atoms with van der Waals surface area (Å²) in [5.74, 6) is -0.554. The second kappa shape index (κ2) is 12.1. The zero-order valence-electron chi connectivity index (χ0n) is 19.7. The highest BCUT2D eigenvalue weighted by Crippen LogP contribution is 2.24. The maximum atomic E-state index is 13.0. The predicted octanol–water partition coefficient (Wildman–Crippen LogP) is 0.220. The van der Waals surface area contributed by atoms with E-state index >= 15 is 0 Å². The number of benzene rings is 1. The van der Waals surface area contributed by atoms with Gasteiger partial charge in [-0.3, -0.25) is 14.5 Å². The van der Waals surface area contributed by atoms with Crippen LogP contribution in [0.15, 0.2) is 18.2 Å². The van der Waals surface area contributed by atoms with Crippen molar-refractivity contribution in [3.05, 3.63) is 29.3 Å². The molecule has 190 valence electrons. The number of piperidine rings is 1. The molecule has 0 radical (unpaired) electrons. The van der Waals surface area contributed by atoms with Crippen LogP contribution in [-0.4, -0.2) is 93.6 Å². The summed E-state index contributed by atoms with van der Waals surface area (Å²) in [5.41, 5.74) is 2.87. The molecule has 5 N–H and O–H groups in total. The Hall–Kier alpha value is -2.08. The van der Waals surface area contributed by atoms with Crippen molar-refractivity contribution in [3.63, 3.8) is 0 Å². The number of aryl methyl sites for hydroxylation is 2. The number of aliphatic hydroxyl groups excluding tert-OH is 4. The second-order valence-corrected chi connectivity index (χ2v) is 9.13. The number of rotatable bonds is 8. The summed E-state index contributed by atoms with van der Waals surface area (Å²) in [6.07, 6.45) is -4.22. The lowest BCUT2D eigenvalue weighted by Crippen LogP contribution is -2.58. The highest BCUT2D eigenvalue weighted by Gasteiger charge is 2.43. The van der Waals surface area contributed by atoms with E-state index in [1.807, 2.05) is 32.0 Å². The summed E-state index contributed by atoms with van der Waals surface area (Å²) >= 11 is 0. The highest BCUT2D eigenvalue weighted by molar-refractivity contribution is 5.96. The number of anilines is 1. The standard InChI is InChI=1S/C24H36N2O8/c1-14-7-5-8-15(2)19(14)25-23(31)16-9-3-4-11-26(16)12-6-10-18(27)33-13-17-20(28)21(29)22(30)24(32)34-17/h5,7-8,16-17,20-22,24,28-30,32H,3-4,6,9-13H2,1-2H3,(H,25,31)/t16?,17-,20-,21+,22-,24+/m1/s1. The van der Waals surface area contributed by atoms with Gasteiger partial charge in [0.1, 0.15) is 31.0 Å². The maximum absolute atomic E-state index is 13.0. The molecule has 1 unspecified atom stereocenters. The Morgan fingerprint density at radius 2 is 1.79 bits per heavy atom. The molecule has 2 heterocycles. The minimum Gasteiger partial charge on any atom is -0.463 e.